The number of alkyl halides is 3. The van der Waals surface area contributed by atoms with Crippen molar-refractivity contribution in [2.75, 3.05) is 0 Å². The van der Waals surface area contributed by atoms with E-state index in [9.17, 15) is 18.0 Å². The molecule has 3 fully saturated rings. The average molecular weight is 327 g/mol. The Morgan fingerprint density at radius 2 is 1.57 bits per heavy atom. The van der Waals surface area contributed by atoms with E-state index in [4.69, 9.17) is 5.11 Å². The molecule has 0 saturated heterocycles. The monoisotopic (exact) mass is 327 g/mol. The highest BCUT2D eigenvalue weighted by atomic mass is 19.4. The van der Waals surface area contributed by atoms with E-state index < -0.39 is 17.6 Å². The molecule has 126 valence electrons. The van der Waals surface area contributed by atoms with Crippen molar-refractivity contribution in [2.24, 2.45) is 5.41 Å². The number of carbonyl (C=O) groups is 1. The Morgan fingerprint density at radius 3 is 2.00 bits per heavy atom. The van der Waals surface area contributed by atoms with Crippen molar-refractivity contribution in [3.63, 3.8) is 0 Å². The molecular formula is C17H20F3NO2. The smallest absolute Gasteiger partial charge is 0.394 e. The molecule has 0 aromatic heterocycles. The fourth-order valence-electron chi connectivity index (χ4n) is 3.93. The molecular weight excluding hydrogens is 307 g/mol. The Kier molecular flexibility index (Phi) is 3.91. The molecule has 3 aliphatic carbocycles. The molecule has 0 unspecified atom stereocenters. The van der Waals surface area contributed by atoms with Crippen molar-refractivity contribution in [1.29, 1.82) is 0 Å². The van der Waals surface area contributed by atoms with Gasteiger partial charge in [0, 0.05) is 12.1 Å². The van der Waals surface area contributed by atoms with Crippen LogP contribution in [0.5, 0.6) is 0 Å². The molecule has 2 bridgehead atoms. The van der Waals surface area contributed by atoms with Gasteiger partial charge in [0.2, 0.25) is 0 Å². The number of halogens is 3. The number of rotatable bonds is 4. The molecule has 0 radical (unpaired) electrons. The summed E-state index contributed by atoms with van der Waals surface area (Å²) in [6, 6.07) is 6.60. The van der Waals surface area contributed by atoms with Gasteiger partial charge >= 0.3 is 12.1 Å². The van der Waals surface area contributed by atoms with Gasteiger partial charge in [-0.2, -0.15) is 13.2 Å². The molecule has 3 saturated carbocycles. The second-order valence-corrected chi connectivity index (χ2v) is 6.91. The molecule has 23 heavy (non-hydrogen) atoms. The summed E-state index contributed by atoms with van der Waals surface area (Å²) < 4.78 is 39.7. The van der Waals surface area contributed by atoms with Crippen LogP contribution in [0.3, 0.4) is 0 Å². The van der Waals surface area contributed by atoms with Gasteiger partial charge in [-0.3, -0.25) is 0 Å². The Labute approximate surface area is 132 Å². The number of fused-ring (bicyclic) bond motifs is 3. The molecule has 0 spiro atoms. The fourth-order valence-corrected chi connectivity index (χ4v) is 3.93. The molecule has 3 aliphatic rings. The molecule has 1 aromatic carbocycles. The van der Waals surface area contributed by atoms with E-state index in [0.717, 1.165) is 5.56 Å². The number of hydrogen-bond donors (Lipinski definition) is 2. The van der Waals surface area contributed by atoms with E-state index in [0.29, 0.717) is 25.8 Å². The van der Waals surface area contributed by atoms with Gasteiger partial charge in [0.25, 0.3) is 0 Å². The third kappa shape index (κ3) is 2.96. The number of carboxylic acid groups (broad SMARTS) is 1. The van der Waals surface area contributed by atoms with E-state index in [1.807, 2.05) is 0 Å². The molecule has 0 aliphatic heterocycles. The summed E-state index contributed by atoms with van der Waals surface area (Å²) in [5.74, 6) is -0.967. The first-order chi connectivity index (χ1) is 10.8. The molecule has 0 atom stereocenters. The quantitative estimate of drug-likeness (QED) is 0.874. The van der Waals surface area contributed by atoms with E-state index in [-0.39, 0.29) is 30.4 Å². The highest BCUT2D eigenvalue weighted by Gasteiger charge is 2.61. The van der Waals surface area contributed by atoms with Gasteiger partial charge in [-0.05, 0) is 56.2 Å². The van der Waals surface area contributed by atoms with Crippen molar-refractivity contribution < 1.29 is 23.1 Å². The zero-order valence-electron chi connectivity index (χ0n) is 12.7. The van der Waals surface area contributed by atoms with Gasteiger partial charge < -0.3 is 10.4 Å². The fraction of sp³-hybridized carbons (Fsp3) is 0.588. The van der Waals surface area contributed by atoms with Crippen LogP contribution >= 0.6 is 0 Å². The highest BCUT2D eigenvalue weighted by molar-refractivity contribution is 5.87. The van der Waals surface area contributed by atoms with Crippen LogP contribution < -0.4 is 5.32 Å². The van der Waals surface area contributed by atoms with Crippen LogP contribution in [0.15, 0.2) is 24.3 Å². The van der Waals surface area contributed by atoms with Crippen molar-refractivity contribution in [1.82, 2.24) is 5.32 Å². The number of aromatic carboxylic acids is 1. The topological polar surface area (TPSA) is 49.3 Å². The number of hydrogen-bond acceptors (Lipinski definition) is 2. The van der Waals surface area contributed by atoms with Gasteiger partial charge in [-0.15, -0.1) is 0 Å². The SMILES string of the molecule is O=C(O)c1ccc(CNC23CCC(C(F)(F)F)(CC2)CC3)cc1. The summed E-state index contributed by atoms with van der Waals surface area (Å²) in [7, 11) is 0. The maximum absolute atomic E-state index is 13.2. The standard InChI is InChI=1S/C17H20F3NO2/c18-17(19,20)15-5-8-16(9-6-15,10-7-15)21-11-12-1-3-13(4-2-12)14(22)23/h1-4,21H,5-11H2,(H,22,23). The van der Waals surface area contributed by atoms with Crippen LogP contribution in [0.4, 0.5) is 13.2 Å². The van der Waals surface area contributed by atoms with Crippen LogP contribution in [0.1, 0.15) is 54.4 Å². The van der Waals surface area contributed by atoms with Crippen LogP contribution in [0.2, 0.25) is 0 Å². The van der Waals surface area contributed by atoms with Gasteiger partial charge in [0.05, 0.1) is 11.0 Å². The van der Waals surface area contributed by atoms with Crippen molar-refractivity contribution >= 4 is 5.97 Å². The van der Waals surface area contributed by atoms with E-state index in [1.165, 1.54) is 0 Å². The first-order valence-electron chi connectivity index (χ1n) is 7.89. The van der Waals surface area contributed by atoms with Crippen LogP contribution in [-0.4, -0.2) is 22.8 Å². The number of benzene rings is 1. The number of nitrogens with one attached hydrogen (secondary N) is 1. The summed E-state index contributed by atoms with van der Waals surface area (Å²) >= 11 is 0. The minimum absolute atomic E-state index is 0.196. The molecule has 2 N–H and O–H groups in total. The van der Waals surface area contributed by atoms with Crippen LogP contribution in [0, 0.1) is 5.41 Å². The Hall–Kier alpha value is -1.56. The lowest BCUT2D eigenvalue weighted by Crippen LogP contribution is -2.58. The van der Waals surface area contributed by atoms with Gasteiger partial charge in [-0.25, -0.2) is 4.79 Å². The zero-order chi connectivity index (χ0) is 16.7. The lowest BCUT2D eigenvalue weighted by Gasteiger charge is -2.54. The van der Waals surface area contributed by atoms with Crippen LogP contribution in [0.25, 0.3) is 0 Å². The maximum atomic E-state index is 13.2. The van der Waals surface area contributed by atoms with Gasteiger partial charge in [0.1, 0.15) is 0 Å². The zero-order valence-corrected chi connectivity index (χ0v) is 12.7. The van der Waals surface area contributed by atoms with E-state index in [1.54, 1.807) is 24.3 Å². The molecule has 4 rings (SSSR count). The van der Waals surface area contributed by atoms with Gasteiger partial charge in [0.15, 0.2) is 0 Å². The summed E-state index contributed by atoms with van der Waals surface area (Å²) in [5.41, 5.74) is -0.474. The lowest BCUT2D eigenvalue weighted by atomic mass is 9.57. The van der Waals surface area contributed by atoms with Gasteiger partial charge in [-0.1, -0.05) is 12.1 Å². The largest absolute Gasteiger partial charge is 0.478 e. The summed E-state index contributed by atoms with van der Waals surface area (Å²) in [4.78, 5) is 10.8. The summed E-state index contributed by atoms with van der Waals surface area (Å²) in [5, 5.41) is 12.3. The normalized spacial score (nSPS) is 30.4. The predicted molar refractivity (Wildman–Crippen MR) is 79.2 cm³/mol. The first-order valence-corrected chi connectivity index (χ1v) is 7.89. The van der Waals surface area contributed by atoms with E-state index in [2.05, 4.69) is 5.32 Å². The lowest BCUT2D eigenvalue weighted by molar-refractivity contribution is -0.254. The number of carboxylic acids is 1. The summed E-state index contributed by atoms with van der Waals surface area (Å²) in [6.45, 7) is 0.554. The van der Waals surface area contributed by atoms with E-state index >= 15 is 0 Å². The third-order valence-electron chi connectivity index (χ3n) is 5.72. The second-order valence-electron chi connectivity index (χ2n) is 6.91. The predicted octanol–water partition coefficient (Wildman–Crippen LogP) is 4.13. The minimum atomic E-state index is -4.09. The molecule has 6 heteroatoms. The van der Waals surface area contributed by atoms with Crippen molar-refractivity contribution in [2.45, 2.75) is 56.8 Å². The highest BCUT2D eigenvalue weighted by Crippen LogP contribution is 2.59. The Bertz CT molecular complexity index is 570. The first kappa shape index (κ1) is 16.3. The summed E-state index contributed by atoms with van der Waals surface area (Å²) in [6.07, 6.45) is -1.80. The Balaban J connectivity index is 1.61. The van der Waals surface area contributed by atoms with Crippen molar-refractivity contribution in [3.05, 3.63) is 35.4 Å². The molecule has 0 amide bonds. The Morgan fingerprint density at radius 1 is 1.04 bits per heavy atom. The molecule has 0 heterocycles. The minimum Gasteiger partial charge on any atom is -0.478 e. The third-order valence-corrected chi connectivity index (χ3v) is 5.72. The second kappa shape index (κ2) is 5.51. The maximum Gasteiger partial charge on any atom is 0.394 e. The van der Waals surface area contributed by atoms with Crippen LogP contribution in [-0.2, 0) is 6.54 Å². The van der Waals surface area contributed by atoms with Crippen molar-refractivity contribution in [3.8, 4) is 0 Å². The average Bonchev–Trinajstić information content (AvgIpc) is 2.54. The molecule has 3 nitrogen and oxygen atoms in total. The molecule has 1 aromatic rings.